The molecule has 1 N–H and O–H groups in total. The van der Waals surface area contributed by atoms with E-state index >= 15 is 0 Å². The normalized spacial score (nSPS) is 21.7. The third kappa shape index (κ3) is 2.73. The number of pyridine rings is 2. The van der Waals surface area contributed by atoms with Gasteiger partial charge < -0.3 is 5.32 Å². The summed E-state index contributed by atoms with van der Waals surface area (Å²) in [6, 6.07) is 4.58. The summed E-state index contributed by atoms with van der Waals surface area (Å²) in [5.74, 6) is 0. The van der Waals surface area contributed by atoms with E-state index in [0.29, 0.717) is 11.5 Å². The largest absolute Gasteiger partial charge is 0.380 e. The van der Waals surface area contributed by atoms with Crippen molar-refractivity contribution in [3.8, 4) is 0 Å². The molecule has 3 nitrogen and oxygen atoms in total. The second-order valence-corrected chi connectivity index (χ2v) is 7.04. The number of nitrogens with zero attached hydrogens (tertiary/aromatic N) is 2. The molecular weight excluding hydrogens is 302 g/mol. The van der Waals surface area contributed by atoms with Crippen LogP contribution in [-0.4, -0.2) is 16.0 Å². The van der Waals surface area contributed by atoms with Gasteiger partial charge in [0.25, 0.3) is 0 Å². The van der Waals surface area contributed by atoms with Gasteiger partial charge >= 0.3 is 0 Å². The number of aromatic nitrogens is 2. The quantitative estimate of drug-likeness (QED) is 0.892. The highest BCUT2D eigenvalue weighted by atomic mass is 79.9. The molecule has 4 heteroatoms. The predicted molar refractivity (Wildman–Crippen MR) is 82.3 cm³/mol. The van der Waals surface area contributed by atoms with Crippen LogP contribution in [0.15, 0.2) is 29.0 Å². The van der Waals surface area contributed by atoms with Gasteiger partial charge in [-0.2, -0.15) is 0 Å². The van der Waals surface area contributed by atoms with E-state index in [2.05, 4.69) is 45.1 Å². The standard InChI is InChI=1S/C15H18BrN3/c1-15(2)5-3-11(8-15)19-12-4-6-17-13-7-10(16)9-18-14(12)13/h4,6-7,9,11H,3,5,8H2,1-2H3,(H,17,19). The molecular formula is C15H18BrN3. The molecule has 2 heterocycles. The van der Waals surface area contributed by atoms with Crippen LogP contribution in [0.5, 0.6) is 0 Å². The van der Waals surface area contributed by atoms with Crippen LogP contribution in [0.3, 0.4) is 0 Å². The Balaban J connectivity index is 1.89. The Morgan fingerprint density at radius 3 is 2.95 bits per heavy atom. The molecule has 100 valence electrons. The van der Waals surface area contributed by atoms with E-state index in [0.717, 1.165) is 21.2 Å². The summed E-state index contributed by atoms with van der Waals surface area (Å²) in [4.78, 5) is 8.86. The molecule has 1 fully saturated rings. The number of rotatable bonds is 2. The monoisotopic (exact) mass is 319 g/mol. The van der Waals surface area contributed by atoms with Crippen molar-refractivity contribution in [3.05, 3.63) is 29.0 Å². The van der Waals surface area contributed by atoms with Crippen molar-refractivity contribution in [2.24, 2.45) is 5.41 Å². The number of halogens is 1. The summed E-state index contributed by atoms with van der Waals surface area (Å²) in [6.45, 7) is 4.68. The van der Waals surface area contributed by atoms with Gasteiger partial charge in [-0.1, -0.05) is 13.8 Å². The van der Waals surface area contributed by atoms with Crippen molar-refractivity contribution < 1.29 is 0 Å². The Morgan fingerprint density at radius 2 is 2.21 bits per heavy atom. The second-order valence-electron chi connectivity index (χ2n) is 6.13. The smallest absolute Gasteiger partial charge is 0.112 e. The number of hydrogen-bond donors (Lipinski definition) is 1. The van der Waals surface area contributed by atoms with Crippen molar-refractivity contribution in [1.29, 1.82) is 0 Å². The maximum atomic E-state index is 4.49. The zero-order valence-electron chi connectivity index (χ0n) is 11.3. The van der Waals surface area contributed by atoms with Gasteiger partial charge in [-0.05, 0) is 52.7 Å². The molecule has 1 atom stereocenters. The Bertz CT molecular complexity index is 609. The Morgan fingerprint density at radius 1 is 1.37 bits per heavy atom. The van der Waals surface area contributed by atoms with Crippen LogP contribution in [0.4, 0.5) is 5.69 Å². The van der Waals surface area contributed by atoms with Crippen LogP contribution < -0.4 is 5.32 Å². The zero-order chi connectivity index (χ0) is 13.5. The molecule has 2 aromatic heterocycles. The zero-order valence-corrected chi connectivity index (χ0v) is 12.9. The average Bonchev–Trinajstić information content (AvgIpc) is 2.68. The molecule has 0 radical (unpaired) electrons. The van der Waals surface area contributed by atoms with Crippen LogP contribution in [0.2, 0.25) is 0 Å². The summed E-state index contributed by atoms with van der Waals surface area (Å²) in [5, 5.41) is 3.64. The molecule has 0 aliphatic heterocycles. The highest BCUT2D eigenvalue weighted by Gasteiger charge is 2.30. The van der Waals surface area contributed by atoms with Gasteiger partial charge in [0.15, 0.2) is 0 Å². The lowest BCUT2D eigenvalue weighted by atomic mass is 9.92. The van der Waals surface area contributed by atoms with Crippen molar-refractivity contribution in [1.82, 2.24) is 9.97 Å². The van der Waals surface area contributed by atoms with E-state index in [9.17, 15) is 0 Å². The number of anilines is 1. The summed E-state index contributed by atoms with van der Waals surface area (Å²) in [5.41, 5.74) is 3.43. The van der Waals surface area contributed by atoms with Crippen LogP contribution in [0.1, 0.15) is 33.1 Å². The molecule has 0 spiro atoms. The van der Waals surface area contributed by atoms with Gasteiger partial charge in [-0.25, -0.2) is 0 Å². The first-order valence-electron chi connectivity index (χ1n) is 6.70. The minimum absolute atomic E-state index is 0.455. The third-order valence-electron chi connectivity index (χ3n) is 3.87. The van der Waals surface area contributed by atoms with Crippen LogP contribution in [0, 0.1) is 5.41 Å². The lowest BCUT2D eigenvalue weighted by molar-refractivity contribution is 0.378. The molecule has 1 saturated carbocycles. The maximum absolute atomic E-state index is 4.49. The molecule has 0 saturated heterocycles. The summed E-state index contributed by atoms with van der Waals surface area (Å²) in [6.07, 6.45) is 7.40. The molecule has 3 rings (SSSR count). The molecule has 0 amide bonds. The molecule has 1 aliphatic rings. The lowest BCUT2D eigenvalue weighted by Crippen LogP contribution is -2.17. The first-order chi connectivity index (χ1) is 9.03. The van der Waals surface area contributed by atoms with Gasteiger partial charge in [0.1, 0.15) is 5.52 Å². The number of fused-ring (bicyclic) bond motifs is 1. The number of nitrogens with one attached hydrogen (secondary N) is 1. The van der Waals surface area contributed by atoms with Crippen LogP contribution in [0.25, 0.3) is 11.0 Å². The van der Waals surface area contributed by atoms with E-state index in [-0.39, 0.29) is 0 Å². The lowest BCUT2D eigenvalue weighted by Gasteiger charge is -2.19. The average molecular weight is 320 g/mol. The highest BCUT2D eigenvalue weighted by molar-refractivity contribution is 9.10. The van der Waals surface area contributed by atoms with Gasteiger partial charge in [-0.3, -0.25) is 9.97 Å². The maximum Gasteiger partial charge on any atom is 0.112 e. The van der Waals surface area contributed by atoms with Crippen molar-refractivity contribution >= 4 is 32.7 Å². The van der Waals surface area contributed by atoms with E-state index in [1.54, 1.807) is 0 Å². The SMILES string of the molecule is CC1(C)CCC(Nc2ccnc3cc(Br)cnc23)C1. The van der Waals surface area contributed by atoms with Gasteiger partial charge in [0, 0.05) is 22.9 Å². The van der Waals surface area contributed by atoms with Crippen molar-refractivity contribution in [2.45, 2.75) is 39.2 Å². The molecule has 1 aliphatic carbocycles. The van der Waals surface area contributed by atoms with Gasteiger partial charge in [0.2, 0.25) is 0 Å². The molecule has 1 unspecified atom stereocenters. The number of hydrogen-bond acceptors (Lipinski definition) is 3. The molecule has 0 bridgehead atoms. The fraction of sp³-hybridized carbons (Fsp3) is 0.467. The molecule has 19 heavy (non-hydrogen) atoms. The van der Waals surface area contributed by atoms with Crippen LogP contribution >= 0.6 is 15.9 Å². The first kappa shape index (κ1) is 12.9. The summed E-state index contributed by atoms with van der Waals surface area (Å²) < 4.78 is 0.964. The minimum atomic E-state index is 0.455. The van der Waals surface area contributed by atoms with E-state index in [1.165, 1.54) is 19.3 Å². The molecule has 0 aromatic carbocycles. The summed E-state index contributed by atoms with van der Waals surface area (Å²) >= 11 is 3.44. The molecule has 2 aromatic rings. The van der Waals surface area contributed by atoms with Crippen molar-refractivity contribution in [3.63, 3.8) is 0 Å². The minimum Gasteiger partial charge on any atom is -0.380 e. The Kier molecular flexibility index (Phi) is 3.21. The fourth-order valence-corrected chi connectivity index (χ4v) is 3.22. The van der Waals surface area contributed by atoms with Gasteiger partial charge in [0.05, 0.1) is 11.2 Å². The Labute approximate surface area is 122 Å². The highest BCUT2D eigenvalue weighted by Crippen LogP contribution is 2.38. The first-order valence-corrected chi connectivity index (χ1v) is 7.50. The van der Waals surface area contributed by atoms with Gasteiger partial charge in [-0.15, -0.1) is 0 Å². The third-order valence-corrected chi connectivity index (χ3v) is 4.31. The van der Waals surface area contributed by atoms with Crippen LogP contribution in [-0.2, 0) is 0 Å². The topological polar surface area (TPSA) is 37.8 Å². The van der Waals surface area contributed by atoms with Crippen molar-refractivity contribution in [2.75, 3.05) is 5.32 Å². The fourth-order valence-electron chi connectivity index (χ4n) is 2.90. The van der Waals surface area contributed by atoms with E-state index < -0.39 is 0 Å². The summed E-state index contributed by atoms with van der Waals surface area (Å²) in [7, 11) is 0. The second kappa shape index (κ2) is 4.75. The predicted octanol–water partition coefficient (Wildman–Crippen LogP) is 4.38. The Hall–Kier alpha value is -1.16. The van der Waals surface area contributed by atoms with E-state index in [1.807, 2.05) is 24.5 Å². The van der Waals surface area contributed by atoms with E-state index in [4.69, 9.17) is 0 Å².